The molecule has 2 aliphatic rings. The van der Waals surface area contributed by atoms with E-state index in [2.05, 4.69) is 15.6 Å². The summed E-state index contributed by atoms with van der Waals surface area (Å²) in [7, 11) is 0. The molecule has 2 fully saturated rings. The predicted octanol–water partition coefficient (Wildman–Crippen LogP) is 5.65. The molecule has 1 amide bonds. The van der Waals surface area contributed by atoms with Gasteiger partial charge < -0.3 is 20.3 Å². The number of carbonyl (C=O) groups excluding carboxylic acids is 2. The van der Waals surface area contributed by atoms with Crippen molar-refractivity contribution < 1.29 is 27.5 Å². The second-order valence-electron chi connectivity index (χ2n) is 10.2. The number of ether oxygens (including phenoxy) is 1. The number of aromatic nitrogens is 1. The standard InChI is InChI=1S/C30H30ClF3N4O3/c1-2-38(30(40)41-19-8-6-18(32)7-9-19)25-16-35-15-21(25)20-14-22(31)27(33)28(34)26(20)29(39)17-10-12-37-24(13-17)23-5-3-4-11-36-23/h3-9,11,14,17,21,24-25,35,37H,2,10,12-13,15-16H2,1H3/t17?,21-,24?,25+/m0/s1. The van der Waals surface area contributed by atoms with E-state index in [0.717, 1.165) is 5.69 Å². The number of rotatable bonds is 7. The van der Waals surface area contributed by atoms with E-state index in [1.54, 1.807) is 19.2 Å². The molecular weight excluding hydrogens is 557 g/mol. The van der Waals surface area contributed by atoms with Crippen LogP contribution in [0.1, 0.15) is 53.3 Å². The van der Waals surface area contributed by atoms with Gasteiger partial charge in [0.15, 0.2) is 17.4 Å². The minimum atomic E-state index is -1.28. The van der Waals surface area contributed by atoms with Crippen molar-refractivity contribution in [1.82, 2.24) is 20.5 Å². The fourth-order valence-electron chi connectivity index (χ4n) is 5.79. The smallest absolute Gasteiger partial charge is 0.410 e. The SMILES string of the molecule is CCN(C(=O)Oc1ccc(F)cc1)[C@@H]1CNC[C@H]1c1cc(Cl)c(F)c(F)c1C(=O)C1CCNC(c2ccccn2)C1. The second kappa shape index (κ2) is 12.6. The third-order valence-corrected chi connectivity index (χ3v) is 8.11. The molecule has 2 aliphatic heterocycles. The molecule has 5 rings (SSSR count). The van der Waals surface area contributed by atoms with Gasteiger partial charge in [-0.3, -0.25) is 9.78 Å². The number of nitrogens with zero attached hydrogens (tertiary/aromatic N) is 2. The summed E-state index contributed by atoms with van der Waals surface area (Å²) < 4.78 is 49.2. The Morgan fingerprint density at radius 2 is 1.88 bits per heavy atom. The molecule has 216 valence electrons. The van der Waals surface area contributed by atoms with E-state index in [1.165, 1.54) is 35.2 Å². The zero-order valence-corrected chi connectivity index (χ0v) is 23.1. The topological polar surface area (TPSA) is 83.6 Å². The number of Topliss-reactive ketones (excluding diaryl/α,β-unsaturated/α-hetero) is 1. The van der Waals surface area contributed by atoms with Gasteiger partial charge in [-0.25, -0.2) is 18.0 Å². The highest BCUT2D eigenvalue weighted by atomic mass is 35.5. The van der Waals surface area contributed by atoms with Crippen molar-refractivity contribution in [2.24, 2.45) is 5.92 Å². The summed E-state index contributed by atoms with van der Waals surface area (Å²) in [6.45, 7) is 3.14. The summed E-state index contributed by atoms with van der Waals surface area (Å²) in [6, 6.07) is 11.1. The van der Waals surface area contributed by atoms with Crippen LogP contribution in [0.15, 0.2) is 54.7 Å². The Hall–Kier alpha value is -3.47. The third-order valence-electron chi connectivity index (χ3n) is 7.83. The highest BCUT2D eigenvalue weighted by Crippen LogP contribution is 2.38. The molecule has 0 bridgehead atoms. The maximum absolute atomic E-state index is 15.6. The summed E-state index contributed by atoms with van der Waals surface area (Å²) >= 11 is 6.11. The lowest BCUT2D eigenvalue weighted by atomic mass is 9.80. The van der Waals surface area contributed by atoms with Crippen LogP contribution in [-0.2, 0) is 0 Å². The Morgan fingerprint density at radius 1 is 1.10 bits per heavy atom. The van der Waals surface area contributed by atoms with Crippen LogP contribution in [-0.4, -0.2) is 54.0 Å². The van der Waals surface area contributed by atoms with Crippen molar-refractivity contribution in [3.63, 3.8) is 0 Å². The van der Waals surface area contributed by atoms with Gasteiger partial charge in [-0.1, -0.05) is 17.7 Å². The van der Waals surface area contributed by atoms with Crippen LogP contribution in [0.25, 0.3) is 0 Å². The van der Waals surface area contributed by atoms with Crippen LogP contribution in [0, 0.1) is 23.4 Å². The van der Waals surface area contributed by atoms with E-state index < -0.39 is 52.2 Å². The van der Waals surface area contributed by atoms with Crippen molar-refractivity contribution in [2.75, 3.05) is 26.2 Å². The Bertz CT molecular complexity index is 1410. The molecule has 2 aromatic carbocycles. The van der Waals surface area contributed by atoms with Gasteiger partial charge in [0.1, 0.15) is 11.6 Å². The fourth-order valence-corrected chi connectivity index (χ4v) is 5.99. The first-order chi connectivity index (χ1) is 19.8. The molecule has 2 N–H and O–H groups in total. The maximum atomic E-state index is 15.6. The first-order valence-electron chi connectivity index (χ1n) is 13.6. The molecule has 1 aromatic heterocycles. The van der Waals surface area contributed by atoms with Gasteiger partial charge in [-0.2, -0.15) is 0 Å². The highest BCUT2D eigenvalue weighted by molar-refractivity contribution is 6.31. The number of piperidine rings is 1. The largest absolute Gasteiger partial charge is 0.415 e. The van der Waals surface area contributed by atoms with Gasteiger partial charge in [0.05, 0.1) is 28.4 Å². The highest BCUT2D eigenvalue weighted by Gasteiger charge is 2.41. The molecule has 2 unspecified atom stereocenters. The molecule has 41 heavy (non-hydrogen) atoms. The average Bonchev–Trinajstić information content (AvgIpc) is 3.47. The van der Waals surface area contributed by atoms with Gasteiger partial charge in [0.25, 0.3) is 0 Å². The number of benzene rings is 2. The molecular formula is C30H30ClF3N4O3. The van der Waals surface area contributed by atoms with Gasteiger partial charge in [0, 0.05) is 37.7 Å². The van der Waals surface area contributed by atoms with Gasteiger partial charge in [-0.05, 0) is 74.3 Å². The van der Waals surface area contributed by atoms with Crippen LogP contribution in [0.4, 0.5) is 18.0 Å². The first-order valence-corrected chi connectivity index (χ1v) is 14.0. The minimum Gasteiger partial charge on any atom is -0.410 e. The maximum Gasteiger partial charge on any atom is 0.415 e. The van der Waals surface area contributed by atoms with Crippen LogP contribution >= 0.6 is 11.6 Å². The van der Waals surface area contributed by atoms with Crippen molar-refractivity contribution in [2.45, 2.75) is 37.8 Å². The first kappa shape index (κ1) is 29.0. The number of ketones is 1. The lowest BCUT2D eigenvalue weighted by Crippen LogP contribution is -2.45. The summed E-state index contributed by atoms with van der Waals surface area (Å²) in [5.74, 6) is -4.51. The normalized spacial score (nSPS) is 22.4. The van der Waals surface area contributed by atoms with Gasteiger partial charge in [0.2, 0.25) is 0 Å². The van der Waals surface area contributed by atoms with Gasteiger partial charge in [-0.15, -0.1) is 0 Å². The van der Waals surface area contributed by atoms with Crippen molar-refractivity contribution in [1.29, 1.82) is 0 Å². The van der Waals surface area contributed by atoms with Crippen molar-refractivity contribution in [3.8, 4) is 5.75 Å². The molecule has 0 radical (unpaired) electrons. The number of hydrogen-bond donors (Lipinski definition) is 2. The summed E-state index contributed by atoms with van der Waals surface area (Å²) in [6.07, 6.45) is 1.80. The Labute approximate surface area is 241 Å². The number of carbonyl (C=O) groups is 2. The number of pyridine rings is 1. The molecule has 2 saturated heterocycles. The van der Waals surface area contributed by atoms with Crippen molar-refractivity contribution in [3.05, 3.63) is 94.0 Å². The molecule has 11 heteroatoms. The molecule has 0 saturated carbocycles. The molecule has 7 nitrogen and oxygen atoms in total. The molecule has 3 heterocycles. The molecule has 0 aliphatic carbocycles. The van der Waals surface area contributed by atoms with E-state index in [1.807, 2.05) is 12.1 Å². The van der Waals surface area contributed by atoms with E-state index in [-0.39, 0.29) is 29.5 Å². The van der Waals surface area contributed by atoms with E-state index in [4.69, 9.17) is 16.3 Å². The van der Waals surface area contributed by atoms with Gasteiger partial charge >= 0.3 is 6.09 Å². The van der Waals surface area contributed by atoms with E-state index in [9.17, 15) is 18.4 Å². The molecule has 0 spiro atoms. The van der Waals surface area contributed by atoms with Crippen molar-refractivity contribution >= 4 is 23.5 Å². The van der Waals surface area contributed by atoms with Crippen LogP contribution in [0.3, 0.4) is 0 Å². The summed E-state index contributed by atoms with van der Waals surface area (Å²) in [4.78, 5) is 32.9. The molecule has 4 atom stereocenters. The Balaban J connectivity index is 1.45. The second-order valence-corrected chi connectivity index (χ2v) is 10.6. The third kappa shape index (κ3) is 6.10. The zero-order chi connectivity index (χ0) is 29.1. The minimum absolute atomic E-state index is 0.164. The Kier molecular flexibility index (Phi) is 8.91. The Morgan fingerprint density at radius 3 is 2.59 bits per heavy atom. The average molecular weight is 587 g/mol. The number of nitrogens with one attached hydrogen (secondary N) is 2. The lowest BCUT2D eigenvalue weighted by molar-refractivity contribution is 0.0870. The number of amides is 1. The monoisotopic (exact) mass is 586 g/mol. The quantitative estimate of drug-likeness (QED) is 0.275. The van der Waals surface area contributed by atoms with Crippen LogP contribution in [0.2, 0.25) is 5.02 Å². The lowest BCUT2D eigenvalue weighted by Gasteiger charge is -2.33. The predicted molar refractivity (Wildman–Crippen MR) is 148 cm³/mol. The number of halogens is 4. The van der Waals surface area contributed by atoms with Crippen LogP contribution in [0.5, 0.6) is 5.75 Å². The van der Waals surface area contributed by atoms with E-state index in [0.29, 0.717) is 32.5 Å². The number of likely N-dealkylation sites (N-methyl/N-ethyl adjacent to an activating group) is 1. The zero-order valence-electron chi connectivity index (χ0n) is 22.4. The molecule has 3 aromatic rings. The van der Waals surface area contributed by atoms with E-state index >= 15 is 4.39 Å². The fraction of sp³-hybridized carbons (Fsp3) is 0.367. The van der Waals surface area contributed by atoms with Crippen LogP contribution < -0.4 is 15.4 Å². The summed E-state index contributed by atoms with van der Waals surface area (Å²) in [5.41, 5.74) is 0.682. The summed E-state index contributed by atoms with van der Waals surface area (Å²) in [5, 5.41) is 6.11. The number of hydrogen-bond acceptors (Lipinski definition) is 6.